The van der Waals surface area contributed by atoms with E-state index in [2.05, 4.69) is 35.5 Å². The number of aliphatic hydroxyl groups excluding tert-OH is 2. The van der Waals surface area contributed by atoms with E-state index in [9.17, 15) is 34.5 Å². The second-order valence-corrected chi connectivity index (χ2v) is 21.3. The number of carbonyl (C=O) groups excluding carboxylic acids is 4. The number of methoxy groups -OCH3 is 2. The van der Waals surface area contributed by atoms with Crippen molar-refractivity contribution in [2.45, 2.75) is 166 Å². The minimum Gasteiger partial charge on any atom is -0.488 e. The molecule has 2 bridgehead atoms. The average Bonchev–Trinajstić information content (AvgIpc) is 3.76. The lowest BCUT2D eigenvalue weighted by molar-refractivity contribution is -0.302. The third-order valence-corrected chi connectivity index (χ3v) is 15.8. The smallest absolute Gasteiger partial charge is 0.329 e. The van der Waals surface area contributed by atoms with Crippen molar-refractivity contribution < 1.29 is 58.2 Å². The SMILES string of the molecule is C=CCC1/C=C(\C)CC(C)CC(OC)C2OC(O)(C(=O)C(=O)N3CCCCC3C(=O)OC(C(C)=CC3CCC(Oc4ccc5c(ccn5Cc5ccccc5)c4)C(O)C3)C(C)C(O)CC1=O)C(C)CC2OC. The van der Waals surface area contributed by atoms with Crippen LogP contribution in [0, 0.1) is 29.6 Å². The summed E-state index contributed by atoms with van der Waals surface area (Å²) in [6, 6.07) is 17.1. The maximum Gasteiger partial charge on any atom is 0.329 e. The number of nitrogens with zero attached hydrogens (tertiary/aromatic N) is 2. The van der Waals surface area contributed by atoms with Gasteiger partial charge in [0, 0.05) is 68.6 Å². The Hall–Kier alpha value is -4.96. The highest BCUT2D eigenvalue weighted by atomic mass is 16.7. The van der Waals surface area contributed by atoms with Crippen molar-refractivity contribution in [2.24, 2.45) is 29.6 Å². The fourth-order valence-electron chi connectivity index (χ4n) is 11.7. The van der Waals surface area contributed by atoms with Gasteiger partial charge in [-0.1, -0.05) is 74.9 Å². The molecular weight excluding hydrogens is 917 g/mol. The topological polar surface area (TPSA) is 183 Å². The molecule has 4 aliphatic rings. The van der Waals surface area contributed by atoms with E-state index in [4.69, 9.17) is 23.7 Å². The number of rotatable bonds is 10. The summed E-state index contributed by atoms with van der Waals surface area (Å²) in [7, 11) is 3.06. The van der Waals surface area contributed by atoms with Crippen molar-refractivity contribution in [1.82, 2.24) is 9.47 Å². The van der Waals surface area contributed by atoms with Crippen molar-refractivity contribution >= 4 is 34.3 Å². The molecule has 3 fully saturated rings. The summed E-state index contributed by atoms with van der Waals surface area (Å²) in [6.45, 7) is 13.9. The Morgan fingerprint density at radius 2 is 1.62 bits per heavy atom. The summed E-state index contributed by atoms with van der Waals surface area (Å²) in [5, 5.41) is 36.7. The van der Waals surface area contributed by atoms with E-state index in [-0.39, 0.29) is 43.4 Å². The van der Waals surface area contributed by atoms with Gasteiger partial charge in [-0.05, 0) is 125 Å². The lowest BCUT2D eigenvalue weighted by Crippen LogP contribution is -2.64. The Morgan fingerprint density at radius 3 is 2.33 bits per heavy atom. The zero-order chi connectivity index (χ0) is 51.9. The molecular formula is C58H78N2O12. The number of carbonyl (C=O) groups is 4. The van der Waals surface area contributed by atoms with Crippen LogP contribution in [0.15, 0.2) is 96.7 Å². The number of aromatic nitrogens is 1. The summed E-state index contributed by atoms with van der Waals surface area (Å²) in [5.41, 5.74) is 3.85. The molecule has 4 heterocycles. The van der Waals surface area contributed by atoms with Gasteiger partial charge in [0.1, 0.15) is 35.9 Å². The first-order valence-electron chi connectivity index (χ1n) is 26.1. The lowest BCUT2D eigenvalue weighted by atomic mass is 9.81. The minimum atomic E-state index is -2.53. The second kappa shape index (κ2) is 24.4. The standard InChI is InChI=1S/C58H78N2O12/c1-9-15-43-27-35(2)26-36(3)28-51(68-7)54-52(69-8)30-38(5)58(67,72-54)55(64)56(65)60-24-14-13-18-46(60)57(66)71-53(39(6)47(61)33-48(43)62)37(4)29-41-19-22-50(49(63)31-41)70-44-20-21-45-42(32-44)23-25-59(45)34-40-16-11-10-12-17-40/h9-12,16-17,20-21,23,25,27,29,32,36,38-39,41,43,46-47,49-54,61,63,67H,1,13-15,18-19,22,24,26,28,30-31,33-34H2,2-8H3/b35-27+,37-29?. The van der Waals surface area contributed by atoms with Crippen molar-refractivity contribution in [3.8, 4) is 5.75 Å². The highest BCUT2D eigenvalue weighted by Gasteiger charge is 2.56. The number of ketones is 2. The van der Waals surface area contributed by atoms with Crippen LogP contribution in [0.2, 0.25) is 0 Å². The van der Waals surface area contributed by atoms with E-state index < -0.39 is 90.0 Å². The third-order valence-electron chi connectivity index (χ3n) is 15.8. The van der Waals surface area contributed by atoms with Gasteiger partial charge >= 0.3 is 5.97 Å². The van der Waals surface area contributed by atoms with Gasteiger partial charge in [-0.2, -0.15) is 0 Å². The zero-order valence-corrected chi connectivity index (χ0v) is 43.3. The van der Waals surface area contributed by atoms with Gasteiger partial charge in [-0.3, -0.25) is 14.4 Å². The Balaban J connectivity index is 1.14. The van der Waals surface area contributed by atoms with Crippen molar-refractivity contribution in [2.75, 3.05) is 20.8 Å². The Morgan fingerprint density at radius 1 is 0.889 bits per heavy atom. The van der Waals surface area contributed by atoms with E-state index in [0.717, 1.165) is 23.0 Å². The number of benzene rings is 2. The number of cyclic esters (lactones) is 1. The molecule has 1 aromatic heterocycles. The number of hydrogen-bond acceptors (Lipinski definition) is 12. The quantitative estimate of drug-likeness (QED) is 0.101. The molecule has 0 radical (unpaired) electrons. The summed E-state index contributed by atoms with van der Waals surface area (Å²) >= 11 is 0. The summed E-state index contributed by atoms with van der Waals surface area (Å²) in [5.74, 6) is -7.40. The van der Waals surface area contributed by atoms with Gasteiger partial charge in [-0.25, -0.2) is 4.79 Å². The monoisotopic (exact) mass is 995 g/mol. The molecule has 14 heteroatoms. The fraction of sp³-hybridized carbons (Fsp3) is 0.586. The number of hydrogen-bond donors (Lipinski definition) is 3. The van der Waals surface area contributed by atoms with Crippen LogP contribution in [-0.2, 0) is 44.7 Å². The average molecular weight is 995 g/mol. The molecule has 14 atom stereocenters. The molecule has 2 saturated heterocycles. The molecule has 2 aromatic carbocycles. The van der Waals surface area contributed by atoms with Gasteiger partial charge in [-0.15, -0.1) is 6.58 Å². The number of esters is 1. The van der Waals surface area contributed by atoms with Crippen LogP contribution in [0.4, 0.5) is 0 Å². The number of fused-ring (bicyclic) bond motifs is 4. The number of amides is 1. The van der Waals surface area contributed by atoms with Crippen molar-refractivity contribution in [1.29, 1.82) is 0 Å². The lowest BCUT2D eigenvalue weighted by Gasteiger charge is -2.47. The molecule has 1 aliphatic carbocycles. The molecule has 7 rings (SSSR count). The van der Waals surface area contributed by atoms with Crippen LogP contribution in [0.5, 0.6) is 5.75 Å². The predicted molar refractivity (Wildman–Crippen MR) is 274 cm³/mol. The van der Waals surface area contributed by atoms with Crippen LogP contribution < -0.4 is 4.74 Å². The Labute approximate surface area is 425 Å². The predicted octanol–water partition coefficient (Wildman–Crippen LogP) is 8.07. The van der Waals surface area contributed by atoms with Crippen LogP contribution in [-0.4, -0.2) is 124 Å². The fourth-order valence-corrected chi connectivity index (χ4v) is 11.7. The second-order valence-electron chi connectivity index (χ2n) is 21.3. The molecule has 72 heavy (non-hydrogen) atoms. The molecule has 14 nitrogen and oxygen atoms in total. The summed E-state index contributed by atoms with van der Waals surface area (Å²) < 4.78 is 33.1. The number of piperidine rings is 1. The third kappa shape index (κ3) is 12.7. The van der Waals surface area contributed by atoms with Crippen LogP contribution in [0.25, 0.3) is 10.9 Å². The van der Waals surface area contributed by atoms with Crippen LogP contribution >= 0.6 is 0 Å². The van der Waals surface area contributed by atoms with Gasteiger partial charge in [0.2, 0.25) is 5.79 Å². The van der Waals surface area contributed by atoms with E-state index in [1.165, 1.54) is 24.7 Å². The first-order valence-corrected chi connectivity index (χ1v) is 26.1. The number of Topliss-reactive ketones (excluding diaryl/α,β-unsaturated/α-hetero) is 2. The molecule has 1 amide bonds. The summed E-state index contributed by atoms with van der Waals surface area (Å²) in [4.78, 5) is 58.7. The van der Waals surface area contributed by atoms with E-state index >= 15 is 0 Å². The Kier molecular flexibility index (Phi) is 18.6. The van der Waals surface area contributed by atoms with Gasteiger partial charge < -0.3 is 48.5 Å². The van der Waals surface area contributed by atoms with Gasteiger partial charge in [0.25, 0.3) is 11.7 Å². The van der Waals surface area contributed by atoms with E-state index in [1.54, 1.807) is 19.9 Å². The first kappa shape index (κ1) is 54.8. The van der Waals surface area contributed by atoms with E-state index in [1.807, 2.05) is 69.3 Å². The molecule has 392 valence electrons. The maximum absolute atomic E-state index is 14.6. The van der Waals surface area contributed by atoms with Crippen molar-refractivity contribution in [3.05, 3.63) is 102 Å². The number of allylic oxidation sites excluding steroid dienone is 4. The first-order chi connectivity index (χ1) is 34.4. The normalized spacial score (nSPS) is 34.9. The van der Waals surface area contributed by atoms with Crippen molar-refractivity contribution in [3.63, 3.8) is 0 Å². The Bertz CT molecular complexity index is 2430. The van der Waals surface area contributed by atoms with Gasteiger partial charge in [0.05, 0.1) is 24.4 Å². The molecule has 3 N–H and O–H groups in total. The summed E-state index contributed by atoms with van der Waals surface area (Å²) in [6.07, 6.45) is 6.23. The highest BCUT2D eigenvalue weighted by molar-refractivity contribution is 6.39. The maximum atomic E-state index is 14.6. The molecule has 3 aromatic rings. The minimum absolute atomic E-state index is 0.00709. The molecule has 3 aliphatic heterocycles. The highest BCUT2D eigenvalue weighted by Crippen LogP contribution is 2.40. The van der Waals surface area contributed by atoms with E-state index in [0.29, 0.717) is 62.7 Å². The molecule has 0 spiro atoms. The molecule has 14 unspecified atom stereocenters. The van der Waals surface area contributed by atoms with Crippen LogP contribution in [0.1, 0.15) is 111 Å². The largest absolute Gasteiger partial charge is 0.488 e. The zero-order valence-electron chi connectivity index (χ0n) is 43.3. The number of ether oxygens (including phenoxy) is 5. The van der Waals surface area contributed by atoms with Gasteiger partial charge in [0.15, 0.2) is 0 Å². The number of aliphatic hydroxyl groups is 3. The van der Waals surface area contributed by atoms with Crippen LogP contribution in [0.3, 0.4) is 0 Å². The molecule has 1 saturated carbocycles.